The maximum Gasteiger partial charge on any atom is 0.254 e. The third-order valence-electron chi connectivity index (χ3n) is 4.55. The molecule has 0 aliphatic carbocycles. The van der Waals surface area contributed by atoms with Crippen LogP contribution in [0.15, 0.2) is 35.7 Å². The molecule has 1 saturated heterocycles. The minimum Gasteiger partial charge on any atom is -0.381 e. The molecule has 1 aromatic heterocycles. The van der Waals surface area contributed by atoms with Crippen LogP contribution in [0.3, 0.4) is 0 Å². The van der Waals surface area contributed by atoms with E-state index in [2.05, 4.69) is 25.3 Å². The van der Waals surface area contributed by atoms with Gasteiger partial charge in [-0.05, 0) is 61.4 Å². The van der Waals surface area contributed by atoms with Crippen molar-refractivity contribution in [3.05, 3.63) is 57.3 Å². The summed E-state index contributed by atoms with van der Waals surface area (Å²) in [5.74, 6) is 0.133. The van der Waals surface area contributed by atoms with Gasteiger partial charge < -0.3 is 9.64 Å². The number of thiophene rings is 1. The molecule has 0 saturated carbocycles. The molecule has 0 radical (unpaired) electrons. The van der Waals surface area contributed by atoms with Crippen molar-refractivity contribution in [1.82, 2.24) is 4.90 Å². The van der Waals surface area contributed by atoms with E-state index in [-0.39, 0.29) is 11.9 Å². The molecule has 0 atom stereocenters. The average molecular weight is 329 g/mol. The highest BCUT2D eigenvalue weighted by molar-refractivity contribution is 7.09. The van der Waals surface area contributed by atoms with Gasteiger partial charge in [0.25, 0.3) is 5.91 Å². The molecule has 3 nitrogen and oxygen atoms in total. The summed E-state index contributed by atoms with van der Waals surface area (Å²) in [5, 5.41) is 2.07. The molecule has 0 bridgehead atoms. The zero-order valence-corrected chi connectivity index (χ0v) is 14.6. The van der Waals surface area contributed by atoms with Crippen LogP contribution in [0.1, 0.15) is 39.2 Å². The minimum absolute atomic E-state index is 0.133. The van der Waals surface area contributed by atoms with Crippen LogP contribution >= 0.6 is 11.3 Å². The molecule has 3 rings (SSSR count). The number of aryl methyl sites for hydroxylation is 2. The summed E-state index contributed by atoms with van der Waals surface area (Å²) in [6, 6.07) is 10.4. The Labute approximate surface area is 141 Å². The van der Waals surface area contributed by atoms with E-state index in [0.717, 1.165) is 31.6 Å². The smallest absolute Gasteiger partial charge is 0.254 e. The summed E-state index contributed by atoms with van der Waals surface area (Å²) in [7, 11) is 0. The number of ether oxygens (including phenoxy) is 1. The number of carbonyl (C=O) groups excluding carboxylic acids is 1. The molecule has 122 valence electrons. The Balaban J connectivity index is 1.86. The van der Waals surface area contributed by atoms with Gasteiger partial charge >= 0.3 is 0 Å². The largest absolute Gasteiger partial charge is 0.381 e. The van der Waals surface area contributed by atoms with E-state index in [1.165, 1.54) is 16.0 Å². The third kappa shape index (κ3) is 3.82. The monoisotopic (exact) mass is 329 g/mol. The van der Waals surface area contributed by atoms with Crippen molar-refractivity contribution in [1.29, 1.82) is 0 Å². The standard InChI is InChI=1S/C19H23NO2S/c1-14-5-6-16(12-15(14)2)19(21)20(13-18-4-3-11-23-18)17-7-9-22-10-8-17/h3-6,11-12,17H,7-10,13H2,1-2H3. The Morgan fingerprint density at radius 2 is 2.00 bits per heavy atom. The maximum atomic E-state index is 13.1. The van der Waals surface area contributed by atoms with Gasteiger partial charge in [0.2, 0.25) is 0 Å². The van der Waals surface area contributed by atoms with Gasteiger partial charge in [-0.2, -0.15) is 0 Å². The third-order valence-corrected chi connectivity index (χ3v) is 5.41. The molecule has 4 heteroatoms. The van der Waals surface area contributed by atoms with Gasteiger partial charge in [0, 0.05) is 29.7 Å². The molecule has 1 amide bonds. The average Bonchev–Trinajstić information content (AvgIpc) is 3.08. The first-order valence-electron chi connectivity index (χ1n) is 8.13. The topological polar surface area (TPSA) is 29.5 Å². The van der Waals surface area contributed by atoms with Crippen LogP contribution in [0.4, 0.5) is 0 Å². The number of hydrogen-bond donors (Lipinski definition) is 0. The number of rotatable bonds is 4. The molecule has 2 heterocycles. The summed E-state index contributed by atoms with van der Waals surface area (Å²) in [6.07, 6.45) is 1.84. The molecule has 1 aliphatic heterocycles. The van der Waals surface area contributed by atoms with E-state index < -0.39 is 0 Å². The summed E-state index contributed by atoms with van der Waals surface area (Å²) in [5.41, 5.74) is 3.17. The van der Waals surface area contributed by atoms with Crippen LogP contribution < -0.4 is 0 Å². The SMILES string of the molecule is Cc1ccc(C(=O)N(Cc2cccs2)C2CCOCC2)cc1C. The first-order chi connectivity index (χ1) is 11.1. The van der Waals surface area contributed by atoms with E-state index >= 15 is 0 Å². The Kier molecular flexibility index (Phi) is 5.13. The van der Waals surface area contributed by atoms with Crippen LogP contribution in [0.25, 0.3) is 0 Å². The van der Waals surface area contributed by atoms with Crippen LogP contribution in [-0.2, 0) is 11.3 Å². The number of benzene rings is 1. The zero-order chi connectivity index (χ0) is 16.2. The van der Waals surface area contributed by atoms with Crippen LogP contribution in [-0.4, -0.2) is 30.1 Å². The predicted molar refractivity (Wildman–Crippen MR) is 93.9 cm³/mol. The van der Waals surface area contributed by atoms with Crippen molar-refractivity contribution in [2.75, 3.05) is 13.2 Å². The fourth-order valence-corrected chi connectivity index (χ4v) is 3.68. The van der Waals surface area contributed by atoms with Crippen LogP contribution in [0.5, 0.6) is 0 Å². The molecule has 0 unspecified atom stereocenters. The summed E-state index contributed by atoms with van der Waals surface area (Å²) in [4.78, 5) is 16.4. The lowest BCUT2D eigenvalue weighted by atomic mass is 10.0. The number of carbonyl (C=O) groups is 1. The first kappa shape index (κ1) is 16.2. The van der Waals surface area contributed by atoms with Crippen LogP contribution in [0.2, 0.25) is 0 Å². The fraction of sp³-hybridized carbons (Fsp3) is 0.421. The van der Waals surface area contributed by atoms with Gasteiger partial charge in [-0.15, -0.1) is 11.3 Å². The highest BCUT2D eigenvalue weighted by Crippen LogP contribution is 2.23. The Morgan fingerprint density at radius 3 is 2.65 bits per heavy atom. The highest BCUT2D eigenvalue weighted by Gasteiger charge is 2.27. The Morgan fingerprint density at radius 1 is 1.22 bits per heavy atom. The first-order valence-corrected chi connectivity index (χ1v) is 9.01. The highest BCUT2D eigenvalue weighted by atomic mass is 32.1. The molecule has 0 spiro atoms. The number of hydrogen-bond acceptors (Lipinski definition) is 3. The Bertz CT molecular complexity index is 660. The lowest BCUT2D eigenvalue weighted by Gasteiger charge is -2.34. The van der Waals surface area contributed by atoms with E-state index in [1.54, 1.807) is 11.3 Å². The summed E-state index contributed by atoms with van der Waals surface area (Å²) >= 11 is 1.71. The second-order valence-electron chi connectivity index (χ2n) is 6.16. The van der Waals surface area contributed by atoms with Crippen LogP contribution in [0, 0.1) is 13.8 Å². The zero-order valence-electron chi connectivity index (χ0n) is 13.7. The number of nitrogens with zero attached hydrogens (tertiary/aromatic N) is 1. The minimum atomic E-state index is 0.133. The molecule has 1 fully saturated rings. The van der Waals surface area contributed by atoms with Crippen molar-refractivity contribution in [3.8, 4) is 0 Å². The second kappa shape index (κ2) is 7.28. The van der Waals surface area contributed by atoms with Gasteiger partial charge in [-0.3, -0.25) is 4.79 Å². The molecular formula is C19H23NO2S. The van der Waals surface area contributed by atoms with Crippen molar-refractivity contribution >= 4 is 17.2 Å². The van der Waals surface area contributed by atoms with Gasteiger partial charge in [0.1, 0.15) is 0 Å². The lowest BCUT2D eigenvalue weighted by molar-refractivity contribution is 0.0270. The lowest BCUT2D eigenvalue weighted by Crippen LogP contribution is -2.42. The predicted octanol–water partition coefficient (Wildman–Crippen LogP) is 4.19. The summed E-state index contributed by atoms with van der Waals surface area (Å²) < 4.78 is 5.47. The van der Waals surface area contributed by atoms with E-state index in [0.29, 0.717) is 6.54 Å². The second-order valence-corrected chi connectivity index (χ2v) is 7.19. The van der Waals surface area contributed by atoms with Crippen molar-refractivity contribution in [3.63, 3.8) is 0 Å². The van der Waals surface area contributed by atoms with Gasteiger partial charge in [-0.25, -0.2) is 0 Å². The van der Waals surface area contributed by atoms with Crippen molar-refractivity contribution in [2.24, 2.45) is 0 Å². The van der Waals surface area contributed by atoms with Gasteiger partial charge in [-0.1, -0.05) is 12.1 Å². The molecule has 23 heavy (non-hydrogen) atoms. The van der Waals surface area contributed by atoms with Gasteiger partial charge in [0.15, 0.2) is 0 Å². The normalized spacial score (nSPS) is 15.6. The van der Waals surface area contributed by atoms with E-state index in [4.69, 9.17) is 4.74 Å². The molecule has 1 aromatic carbocycles. The van der Waals surface area contributed by atoms with Crippen molar-refractivity contribution in [2.45, 2.75) is 39.3 Å². The molecule has 2 aromatic rings. The summed E-state index contributed by atoms with van der Waals surface area (Å²) in [6.45, 7) is 6.31. The number of amides is 1. The van der Waals surface area contributed by atoms with E-state index in [1.807, 2.05) is 29.2 Å². The molecular weight excluding hydrogens is 306 g/mol. The Hall–Kier alpha value is -1.65. The quantitative estimate of drug-likeness (QED) is 0.842. The molecule has 0 N–H and O–H groups in total. The fourth-order valence-electron chi connectivity index (χ4n) is 2.97. The van der Waals surface area contributed by atoms with Crippen molar-refractivity contribution < 1.29 is 9.53 Å². The molecule has 1 aliphatic rings. The van der Waals surface area contributed by atoms with Gasteiger partial charge in [0.05, 0.1) is 6.54 Å². The maximum absolute atomic E-state index is 13.1. The van der Waals surface area contributed by atoms with E-state index in [9.17, 15) is 4.79 Å².